The molecule has 0 aliphatic rings. The molecular formula is C12H6Cl4O2S. The van der Waals surface area contributed by atoms with Crippen LogP contribution < -0.4 is 4.74 Å². The number of hydrogen-bond donors (Lipinski definition) is 0. The van der Waals surface area contributed by atoms with Crippen molar-refractivity contribution in [2.45, 2.75) is 0 Å². The Hall–Kier alpha value is -0.450. The molecule has 1 aromatic heterocycles. The molecular weight excluding hydrogens is 350 g/mol. The second-order valence-electron chi connectivity index (χ2n) is 3.52. The quantitative estimate of drug-likeness (QED) is 0.665. The molecule has 7 heteroatoms. The highest BCUT2D eigenvalue weighted by Crippen LogP contribution is 2.32. The Balaban J connectivity index is 2.08. The monoisotopic (exact) mass is 354 g/mol. The maximum absolute atomic E-state index is 11.9. The number of carbonyl (C=O) groups is 1. The summed E-state index contributed by atoms with van der Waals surface area (Å²) in [6, 6.07) is 6.28. The number of carbonyl (C=O) groups excluding carboxylic acids is 1. The molecule has 1 aromatic carbocycles. The lowest BCUT2D eigenvalue weighted by atomic mass is 10.2. The van der Waals surface area contributed by atoms with E-state index in [9.17, 15) is 4.79 Å². The van der Waals surface area contributed by atoms with E-state index in [2.05, 4.69) is 0 Å². The largest absolute Gasteiger partial charge is 0.484 e. The molecule has 0 radical (unpaired) electrons. The van der Waals surface area contributed by atoms with E-state index in [1.165, 1.54) is 6.07 Å². The number of thiophene rings is 1. The number of hydrogen-bond acceptors (Lipinski definition) is 3. The van der Waals surface area contributed by atoms with E-state index >= 15 is 0 Å². The fourth-order valence-electron chi connectivity index (χ4n) is 1.34. The summed E-state index contributed by atoms with van der Waals surface area (Å²) in [6.07, 6.45) is 0. The van der Waals surface area contributed by atoms with E-state index in [1.807, 2.05) is 0 Å². The standard InChI is InChI=1S/C12H6Cl4O2S/c13-6-1-2-8(14)10(3-6)18-5-9(17)7-4-11(15)19-12(7)16/h1-4H,5H2. The molecule has 2 nitrogen and oxygen atoms in total. The maximum Gasteiger partial charge on any atom is 0.202 e. The number of ether oxygens (including phenoxy) is 1. The molecule has 0 saturated heterocycles. The summed E-state index contributed by atoms with van der Waals surface area (Å²) in [4.78, 5) is 11.9. The minimum atomic E-state index is -0.274. The topological polar surface area (TPSA) is 26.3 Å². The van der Waals surface area contributed by atoms with Crippen molar-refractivity contribution in [2.24, 2.45) is 0 Å². The first-order chi connectivity index (χ1) is 8.97. The predicted octanol–water partition coefficient (Wildman–Crippen LogP) is 5.62. The molecule has 100 valence electrons. The Labute approximate surface area is 133 Å². The summed E-state index contributed by atoms with van der Waals surface area (Å²) in [5.41, 5.74) is 0.342. The third-order valence-electron chi connectivity index (χ3n) is 2.21. The van der Waals surface area contributed by atoms with Gasteiger partial charge in [0.15, 0.2) is 6.61 Å². The second kappa shape index (κ2) is 6.33. The Morgan fingerprint density at radius 3 is 2.53 bits per heavy atom. The van der Waals surface area contributed by atoms with Crippen LogP contribution in [-0.2, 0) is 0 Å². The smallest absolute Gasteiger partial charge is 0.202 e. The number of benzene rings is 1. The van der Waals surface area contributed by atoms with Crippen molar-refractivity contribution in [1.82, 2.24) is 0 Å². The summed E-state index contributed by atoms with van der Waals surface area (Å²) in [6.45, 7) is -0.188. The summed E-state index contributed by atoms with van der Waals surface area (Å²) in [5.74, 6) is 0.0733. The van der Waals surface area contributed by atoms with Crippen molar-refractivity contribution in [2.75, 3.05) is 6.61 Å². The maximum atomic E-state index is 11.9. The lowest BCUT2D eigenvalue weighted by Gasteiger charge is -2.07. The normalized spacial score (nSPS) is 10.5. The molecule has 19 heavy (non-hydrogen) atoms. The first kappa shape index (κ1) is 14.9. The van der Waals surface area contributed by atoms with Gasteiger partial charge in [-0.3, -0.25) is 4.79 Å². The third kappa shape index (κ3) is 3.77. The molecule has 1 heterocycles. The highest BCUT2D eigenvalue weighted by molar-refractivity contribution is 7.20. The molecule has 0 saturated carbocycles. The van der Waals surface area contributed by atoms with Crippen molar-refractivity contribution in [3.05, 3.63) is 48.5 Å². The third-order valence-corrected chi connectivity index (χ3v) is 4.24. The molecule has 0 aliphatic heterocycles. The molecule has 0 fully saturated rings. The first-order valence-electron chi connectivity index (χ1n) is 5.03. The highest BCUT2D eigenvalue weighted by atomic mass is 35.5. The number of halogens is 4. The average Bonchev–Trinajstić information content (AvgIpc) is 2.69. The Bertz CT molecular complexity index is 624. The van der Waals surface area contributed by atoms with E-state index in [0.29, 0.717) is 30.0 Å². The van der Waals surface area contributed by atoms with E-state index in [4.69, 9.17) is 51.1 Å². The van der Waals surface area contributed by atoms with Crippen LogP contribution in [0.15, 0.2) is 24.3 Å². The number of rotatable bonds is 4. The molecule has 0 amide bonds. The zero-order valence-electron chi connectivity index (χ0n) is 9.25. The van der Waals surface area contributed by atoms with Gasteiger partial charge in [0.1, 0.15) is 10.1 Å². The van der Waals surface area contributed by atoms with Gasteiger partial charge in [0.05, 0.1) is 14.9 Å². The zero-order chi connectivity index (χ0) is 14.0. The first-order valence-corrected chi connectivity index (χ1v) is 7.36. The molecule has 0 unspecified atom stereocenters. The minimum absolute atomic E-state index is 0.188. The van der Waals surface area contributed by atoms with Gasteiger partial charge < -0.3 is 4.74 Å². The lowest BCUT2D eigenvalue weighted by Crippen LogP contribution is -2.11. The van der Waals surface area contributed by atoms with Crippen LogP contribution >= 0.6 is 57.7 Å². The fourth-order valence-corrected chi connectivity index (χ4v) is 3.17. The molecule has 2 aromatic rings. The van der Waals surface area contributed by atoms with Crippen molar-refractivity contribution in [3.63, 3.8) is 0 Å². The number of Topliss-reactive ketones (excluding diaryl/α,β-unsaturated/α-hetero) is 1. The van der Waals surface area contributed by atoms with E-state index in [0.717, 1.165) is 11.3 Å². The summed E-state index contributed by atoms with van der Waals surface area (Å²) >= 11 is 24.5. The van der Waals surface area contributed by atoms with Crippen molar-refractivity contribution < 1.29 is 9.53 Å². The van der Waals surface area contributed by atoms with Crippen LogP contribution in [0.1, 0.15) is 10.4 Å². The van der Waals surface area contributed by atoms with E-state index in [-0.39, 0.29) is 12.4 Å². The van der Waals surface area contributed by atoms with Gasteiger partial charge in [-0.2, -0.15) is 0 Å². The van der Waals surface area contributed by atoms with Gasteiger partial charge in [0, 0.05) is 11.1 Å². The second-order valence-corrected chi connectivity index (χ2v) is 6.65. The lowest BCUT2D eigenvalue weighted by molar-refractivity contribution is 0.0922. The molecule has 0 spiro atoms. The van der Waals surface area contributed by atoms with Crippen molar-refractivity contribution >= 4 is 63.5 Å². The van der Waals surface area contributed by atoms with Crippen LogP contribution in [-0.4, -0.2) is 12.4 Å². The van der Waals surface area contributed by atoms with Gasteiger partial charge in [0.2, 0.25) is 5.78 Å². The molecule has 2 rings (SSSR count). The molecule has 0 N–H and O–H groups in total. The zero-order valence-corrected chi connectivity index (χ0v) is 13.1. The summed E-state index contributed by atoms with van der Waals surface area (Å²) in [7, 11) is 0. The van der Waals surface area contributed by atoms with Gasteiger partial charge in [0.25, 0.3) is 0 Å². The SMILES string of the molecule is O=C(COc1cc(Cl)ccc1Cl)c1cc(Cl)sc1Cl. The highest BCUT2D eigenvalue weighted by Gasteiger charge is 2.15. The van der Waals surface area contributed by atoms with Crippen LogP contribution in [0.4, 0.5) is 0 Å². The van der Waals surface area contributed by atoms with Crippen molar-refractivity contribution in [3.8, 4) is 5.75 Å². The van der Waals surface area contributed by atoms with Gasteiger partial charge in [-0.15, -0.1) is 11.3 Å². The molecule has 0 aliphatic carbocycles. The minimum Gasteiger partial charge on any atom is -0.484 e. The van der Waals surface area contributed by atoms with E-state index < -0.39 is 0 Å². The van der Waals surface area contributed by atoms with Gasteiger partial charge in [-0.05, 0) is 18.2 Å². The van der Waals surface area contributed by atoms with Crippen LogP contribution in [0.3, 0.4) is 0 Å². The Morgan fingerprint density at radius 2 is 1.89 bits per heavy atom. The van der Waals surface area contributed by atoms with Gasteiger partial charge >= 0.3 is 0 Å². The van der Waals surface area contributed by atoms with Crippen molar-refractivity contribution in [1.29, 1.82) is 0 Å². The molecule has 0 bridgehead atoms. The van der Waals surface area contributed by atoms with Crippen LogP contribution in [0.5, 0.6) is 5.75 Å². The Morgan fingerprint density at radius 1 is 1.16 bits per heavy atom. The van der Waals surface area contributed by atoms with Gasteiger partial charge in [-0.25, -0.2) is 0 Å². The van der Waals surface area contributed by atoms with E-state index in [1.54, 1.807) is 18.2 Å². The van der Waals surface area contributed by atoms with Crippen LogP contribution in [0, 0.1) is 0 Å². The summed E-state index contributed by atoms with van der Waals surface area (Å²) in [5, 5.41) is 0.857. The summed E-state index contributed by atoms with van der Waals surface area (Å²) < 4.78 is 6.13. The number of ketones is 1. The Kier molecular flexibility index (Phi) is 4.98. The molecule has 0 atom stereocenters. The predicted molar refractivity (Wildman–Crippen MR) is 80.6 cm³/mol. The van der Waals surface area contributed by atoms with Crippen LogP contribution in [0.2, 0.25) is 18.7 Å². The average molecular weight is 356 g/mol. The van der Waals surface area contributed by atoms with Gasteiger partial charge in [-0.1, -0.05) is 46.4 Å². The van der Waals surface area contributed by atoms with Crippen LogP contribution in [0.25, 0.3) is 0 Å². The fraction of sp³-hybridized carbons (Fsp3) is 0.0833.